The van der Waals surface area contributed by atoms with Gasteiger partial charge in [0.1, 0.15) is 12.1 Å². The van der Waals surface area contributed by atoms with E-state index < -0.39 is 11.5 Å². The number of rotatable bonds is 4. The van der Waals surface area contributed by atoms with Gasteiger partial charge in [0.05, 0.1) is 0 Å². The zero-order valence-corrected chi connectivity index (χ0v) is 12.2. The Morgan fingerprint density at radius 2 is 2.32 bits per heavy atom. The molecule has 2 aromatic rings. The van der Waals surface area contributed by atoms with E-state index in [1.807, 2.05) is 27.8 Å². The predicted octanol–water partition coefficient (Wildman–Crippen LogP) is 0.0795. The number of β-amino-alcohol motifs (C(OH)–C–C–N with tert-alkyl or cyclic N) is 1. The van der Waals surface area contributed by atoms with Crippen molar-refractivity contribution in [2.75, 3.05) is 13.1 Å². The number of primary amides is 1. The van der Waals surface area contributed by atoms with Gasteiger partial charge in [-0.2, -0.15) is 0 Å². The van der Waals surface area contributed by atoms with Crippen LogP contribution in [0.5, 0.6) is 0 Å². The van der Waals surface area contributed by atoms with Crippen LogP contribution in [0.4, 0.5) is 0 Å². The van der Waals surface area contributed by atoms with Crippen molar-refractivity contribution < 1.29 is 9.90 Å². The van der Waals surface area contributed by atoms with Crippen molar-refractivity contribution in [3.63, 3.8) is 0 Å². The van der Waals surface area contributed by atoms with Gasteiger partial charge >= 0.3 is 0 Å². The van der Waals surface area contributed by atoms with Gasteiger partial charge in [0.2, 0.25) is 0 Å². The molecule has 7 heteroatoms. The maximum atomic E-state index is 11.4. The van der Waals surface area contributed by atoms with Crippen LogP contribution in [0.25, 0.3) is 5.82 Å². The van der Waals surface area contributed by atoms with Gasteiger partial charge in [-0.25, -0.2) is 9.97 Å². The number of nitrogens with two attached hydrogens (primary N) is 1. The number of piperidine rings is 1. The van der Waals surface area contributed by atoms with Crippen LogP contribution in [-0.4, -0.2) is 49.1 Å². The molecule has 7 nitrogen and oxygen atoms in total. The van der Waals surface area contributed by atoms with Crippen molar-refractivity contribution in [3.8, 4) is 5.82 Å². The number of aliphatic hydroxyl groups is 1. The normalized spacial score (nSPS) is 22.6. The first-order valence-electron chi connectivity index (χ1n) is 7.25. The van der Waals surface area contributed by atoms with Gasteiger partial charge in [0, 0.05) is 31.7 Å². The van der Waals surface area contributed by atoms with Crippen molar-refractivity contribution in [2.45, 2.75) is 25.0 Å². The van der Waals surface area contributed by atoms with Crippen LogP contribution in [0.3, 0.4) is 0 Å². The van der Waals surface area contributed by atoms with E-state index in [0.29, 0.717) is 13.0 Å². The highest BCUT2D eigenvalue weighted by molar-refractivity contribution is 5.83. The molecule has 0 radical (unpaired) electrons. The van der Waals surface area contributed by atoms with E-state index in [1.54, 1.807) is 18.7 Å². The third-order valence-electron chi connectivity index (χ3n) is 3.99. The van der Waals surface area contributed by atoms with Crippen molar-refractivity contribution in [1.29, 1.82) is 0 Å². The highest BCUT2D eigenvalue weighted by Crippen LogP contribution is 2.22. The van der Waals surface area contributed by atoms with E-state index in [-0.39, 0.29) is 6.54 Å². The number of carbonyl (C=O) groups is 1. The summed E-state index contributed by atoms with van der Waals surface area (Å²) in [6.45, 7) is 1.73. The fourth-order valence-electron chi connectivity index (χ4n) is 2.78. The highest BCUT2D eigenvalue weighted by Gasteiger charge is 2.38. The number of pyridine rings is 1. The van der Waals surface area contributed by atoms with Gasteiger partial charge in [-0.15, -0.1) is 0 Å². The number of imidazole rings is 1. The zero-order valence-electron chi connectivity index (χ0n) is 12.2. The fourth-order valence-corrected chi connectivity index (χ4v) is 2.78. The Morgan fingerprint density at radius 1 is 1.45 bits per heavy atom. The third-order valence-corrected chi connectivity index (χ3v) is 3.99. The Labute approximate surface area is 128 Å². The van der Waals surface area contributed by atoms with E-state index in [4.69, 9.17) is 5.73 Å². The van der Waals surface area contributed by atoms with Gasteiger partial charge in [-0.05, 0) is 31.0 Å². The van der Waals surface area contributed by atoms with E-state index in [9.17, 15) is 9.90 Å². The molecular weight excluding hydrogens is 282 g/mol. The second-order valence-corrected chi connectivity index (χ2v) is 5.70. The van der Waals surface area contributed by atoms with E-state index >= 15 is 0 Å². The van der Waals surface area contributed by atoms with Crippen LogP contribution in [0.2, 0.25) is 0 Å². The largest absolute Gasteiger partial charge is 0.379 e. The molecule has 3 heterocycles. The lowest BCUT2D eigenvalue weighted by Crippen LogP contribution is -2.55. The molecule has 0 aromatic carbocycles. The van der Waals surface area contributed by atoms with Crippen molar-refractivity contribution in [3.05, 3.63) is 42.6 Å². The van der Waals surface area contributed by atoms with Crippen LogP contribution >= 0.6 is 0 Å². The summed E-state index contributed by atoms with van der Waals surface area (Å²) in [5.41, 5.74) is 4.91. The molecule has 1 aliphatic heterocycles. The molecule has 3 N–H and O–H groups in total. The van der Waals surface area contributed by atoms with Crippen LogP contribution in [0, 0.1) is 0 Å². The first-order valence-corrected chi connectivity index (χ1v) is 7.25. The lowest BCUT2D eigenvalue weighted by Gasteiger charge is -2.37. The minimum absolute atomic E-state index is 0.269. The first-order chi connectivity index (χ1) is 10.6. The Morgan fingerprint density at radius 3 is 2.95 bits per heavy atom. The summed E-state index contributed by atoms with van der Waals surface area (Å²) >= 11 is 0. The molecule has 116 valence electrons. The van der Waals surface area contributed by atoms with Crippen molar-refractivity contribution in [2.24, 2.45) is 5.73 Å². The van der Waals surface area contributed by atoms with Gasteiger partial charge in [0.25, 0.3) is 5.91 Å². The number of nitrogens with zero attached hydrogens (tertiary/aromatic N) is 4. The zero-order chi connectivity index (χ0) is 15.6. The van der Waals surface area contributed by atoms with Crippen LogP contribution < -0.4 is 5.73 Å². The molecule has 1 amide bonds. The Balaban J connectivity index is 1.67. The van der Waals surface area contributed by atoms with Crippen molar-refractivity contribution in [1.82, 2.24) is 19.4 Å². The fraction of sp³-hybridized carbons (Fsp3) is 0.400. The summed E-state index contributed by atoms with van der Waals surface area (Å²) in [6.07, 6.45) is 8.21. The molecule has 1 aliphatic rings. The molecule has 22 heavy (non-hydrogen) atoms. The average molecular weight is 301 g/mol. The monoisotopic (exact) mass is 301 g/mol. The standard InChI is InChI=1S/C15H19N5O2/c16-14(21)15(22)4-1-6-19(10-15)9-12-2-3-13(18-8-12)20-7-5-17-11-20/h2-3,5,7-8,11,22H,1,4,6,9-10H2,(H2,16,21). The molecule has 2 aromatic heterocycles. The number of amides is 1. The minimum Gasteiger partial charge on any atom is -0.379 e. The smallest absolute Gasteiger partial charge is 0.250 e. The van der Waals surface area contributed by atoms with E-state index in [1.165, 1.54) is 0 Å². The van der Waals surface area contributed by atoms with Gasteiger partial charge in [-0.1, -0.05) is 6.07 Å². The quantitative estimate of drug-likeness (QED) is 0.833. The Hall–Kier alpha value is -2.25. The second kappa shape index (κ2) is 5.86. The number of likely N-dealkylation sites (tertiary alicyclic amines) is 1. The molecule has 1 saturated heterocycles. The minimum atomic E-state index is -1.41. The van der Waals surface area contributed by atoms with Crippen molar-refractivity contribution >= 4 is 5.91 Å². The topological polar surface area (TPSA) is 97.3 Å². The number of hydrogen-bond donors (Lipinski definition) is 2. The number of hydrogen-bond acceptors (Lipinski definition) is 5. The molecule has 0 spiro atoms. The molecule has 3 rings (SSSR count). The first kappa shape index (κ1) is 14.7. The Kier molecular flexibility index (Phi) is 3.91. The van der Waals surface area contributed by atoms with Gasteiger partial charge in [0.15, 0.2) is 5.60 Å². The molecule has 0 aliphatic carbocycles. The van der Waals surface area contributed by atoms with E-state index in [2.05, 4.69) is 9.97 Å². The maximum absolute atomic E-state index is 11.4. The number of aromatic nitrogens is 3. The molecule has 0 bridgehead atoms. The molecule has 1 atom stereocenters. The summed E-state index contributed by atoms with van der Waals surface area (Å²) in [6, 6.07) is 3.90. The highest BCUT2D eigenvalue weighted by atomic mass is 16.3. The van der Waals surface area contributed by atoms with E-state index in [0.717, 1.165) is 24.3 Å². The lowest BCUT2D eigenvalue weighted by atomic mass is 9.92. The summed E-state index contributed by atoms with van der Waals surface area (Å²) in [5.74, 6) is 0.152. The van der Waals surface area contributed by atoms with Gasteiger partial charge in [-0.3, -0.25) is 14.3 Å². The second-order valence-electron chi connectivity index (χ2n) is 5.70. The SMILES string of the molecule is NC(=O)C1(O)CCCN(Cc2ccc(-n3ccnc3)nc2)C1. The summed E-state index contributed by atoms with van der Waals surface area (Å²) < 4.78 is 1.83. The average Bonchev–Trinajstić information content (AvgIpc) is 3.02. The molecule has 0 saturated carbocycles. The summed E-state index contributed by atoms with van der Waals surface area (Å²) in [5, 5.41) is 10.2. The number of carbonyl (C=O) groups excluding carboxylic acids is 1. The van der Waals surface area contributed by atoms with Gasteiger partial charge < -0.3 is 10.8 Å². The maximum Gasteiger partial charge on any atom is 0.250 e. The van der Waals surface area contributed by atoms with Crippen LogP contribution in [0.15, 0.2) is 37.1 Å². The predicted molar refractivity (Wildman–Crippen MR) is 80.0 cm³/mol. The summed E-state index contributed by atoms with van der Waals surface area (Å²) in [4.78, 5) is 21.8. The molecule has 1 unspecified atom stereocenters. The Bertz CT molecular complexity index is 640. The van der Waals surface area contributed by atoms with Crippen LogP contribution in [0.1, 0.15) is 18.4 Å². The summed E-state index contributed by atoms with van der Waals surface area (Å²) in [7, 11) is 0. The third kappa shape index (κ3) is 3.00. The molecular formula is C15H19N5O2. The molecule has 1 fully saturated rings. The lowest BCUT2D eigenvalue weighted by molar-refractivity contribution is -0.142. The van der Waals surface area contributed by atoms with Crippen LogP contribution in [-0.2, 0) is 11.3 Å².